The largest absolute Gasteiger partial charge is 0.376 e. The normalized spacial score (nSPS) is 10.5. The second-order valence-electron chi connectivity index (χ2n) is 3.95. The van der Waals surface area contributed by atoms with Gasteiger partial charge in [-0.05, 0) is 24.0 Å². The van der Waals surface area contributed by atoms with Gasteiger partial charge >= 0.3 is 0 Å². The Morgan fingerprint density at radius 2 is 1.58 bits per heavy atom. The SMILES string of the molecule is CSc1ccc(CNc2c(F)cc(F)cc2F)cc1. The van der Waals surface area contributed by atoms with Gasteiger partial charge in [0.25, 0.3) is 0 Å². The first-order valence-electron chi connectivity index (χ1n) is 5.61. The van der Waals surface area contributed by atoms with Crippen LogP contribution >= 0.6 is 11.8 Å². The van der Waals surface area contributed by atoms with E-state index in [2.05, 4.69) is 5.32 Å². The molecule has 2 rings (SSSR count). The van der Waals surface area contributed by atoms with Crippen molar-refractivity contribution in [3.63, 3.8) is 0 Å². The number of rotatable bonds is 4. The Kier molecular flexibility index (Phi) is 4.37. The highest BCUT2D eigenvalue weighted by Crippen LogP contribution is 2.21. The summed E-state index contributed by atoms with van der Waals surface area (Å²) >= 11 is 1.62. The molecule has 0 fully saturated rings. The van der Waals surface area contributed by atoms with Crippen molar-refractivity contribution in [1.29, 1.82) is 0 Å². The molecular formula is C14H12F3NS. The predicted octanol–water partition coefficient (Wildman–Crippen LogP) is 4.44. The number of nitrogens with one attached hydrogen (secondary N) is 1. The summed E-state index contributed by atoms with van der Waals surface area (Å²) in [6, 6.07) is 8.92. The summed E-state index contributed by atoms with van der Waals surface area (Å²) in [5, 5.41) is 2.64. The molecule has 0 aliphatic heterocycles. The fourth-order valence-corrected chi connectivity index (χ4v) is 2.05. The van der Waals surface area contributed by atoms with Crippen LogP contribution in [0.5, 0.6) is 0 Å². The van der Waals surface area contributed by atoms with Crippen molar-refractivity contribution in [3.8, 4) is 0 Å². The molecule has 2 aromatic rings. The van der Waals surface area contributed by atoms with Crippen LogP contribution in [0.3, 0.4) is 0 Å². The maximum atomic E-state index is 13.4. The second kappa shape index (κ2) is 6.02. The Morgan fingerprint density at radius 1 is 1.00 bits per heavy atom. The molecule has 0 aliphatic rings. The summed E-state index contributed by atoms with van der Waals surface area (Å²) in [7, 11) is 0. The van der Waals surface area contributed by atoms with E-state index in [1.54, 1.807) is 11.8 Å². The standard InChI is InChI=1S/C14H12F3NS/c1-19-11-4-2-9(3-5-11)8-18-14-12(16)6-10(15)7-13(14)17/h2-7,18H,8H2,1H3. The first-order chi connectivity index (χ1) is 9.10. The van der Waals surface area contributed by atoms with E-state index in [0.717, 1.165) is 10.5 Å². The van der Waals surface area contributed by atoms with Gasteiger partial charge in [0, 0.05) is 23.6 Å². The van der Waals surface area contributed by atoms with Gasteiger partial charge in [-0.15, -0.1) is 11.8 Å². The molecule has 0 saturated carbocycles. The second-order valence-corrected chi connectivity index (χ2v) is 4.83. The van der Waals surface area contributed by atoms with E-state index in [1.807, 2.05) is 30.5 Å². The van der Waals surface area contributed by atoms with E-state index in [-0.39, 0.29) is 12.2 Å². The number of thioether (sulfide) groups is 1. The Balaban J connectivity index is 2.10. The highest BCUT2D eigenvalue weighted by Gasteiger charge is 2.10. The van der Waals surface area contributed by atoms with Crippen molar-refractivity contribution < 1.29 is 13.2 Å². The quantitative estimate of drug-likeness (QED) is 0.833. The van der Waals surface area contributed by atoms with Crippen LogP contribution in [0.15, 0.2) is 41.3 Å². The van der Waals surface area contributed by atoms with E-state index < -0.39 is 17.5 Å². The Bertz CT molecular complexity index is 546. The smallest absolute Gasteiger partial charge is 0.152 e. The van der Waals surface area contributed by atoms with Crippen LogP contribution in [0.4, 0.5) is 18.9 Å². The van der Waals surface area contributed by atoms with Crippen LogP contribution in [-0.4, -0.2) is 6.26 Å². The van der Waals surface area contributed by atoms with Gasteiger partial charge in [-0.3, -0.25) is 0 Å². The fraction of sp³-hybridized carbons (Fsp3) is 0.143. The van der Waals surface area contributed by atoms with Gasteiger partial charge < -0.3 is 5.32 Å². The molecule has 0 heterocycles. The van der Waals surface area contributed by atoms with E-state index in [9.17, 15) is 13.2 Å². The molecule has 0 saturated heterocycles. The van der Waals surface area contributed by atoms with E-state index >= 15 is 0 Å². The van der Waals surface area contributed by atoms with Crippen LogP contribution in [0.2, 0.25) is 0 Å². The lowest BCUT2D eigenvalue weighted by atomic mass is 10.2. The van der Waals surface area contributed by atoms with Gasteiger partial charge in [0.2, 0.25) is 0 Å². The third kappa shape index (κ3) is 3.44. The molecule has 5 heteroatoms. The third-order valence-corrected chi connectivity index (χ3v) is 3.38. The number of hydrogen-bond acceptors (Lipinski definition) is 2. The predicted molar refractivity (Wildman–Crippen MR) is 71.9 cm³/mol. The van der Waals surface area contributed by atoms with Crippen molar-refractivity contribution in [3.05, 3.63) is 59.4 Å². The lowest BCUT2D eigenvalue weighted by Crippen LogP contribution is -2.04. The summed E-state index contributed by atoms with van der Waals surface area (Å²) in [6.45, 7) is 0.272. The van der Waals surface area contributed by atoms with Crippen LogP contribution in [0.1, 0.15) is 5.56 Å². The Hall–Kier alpha value is -1.62. The molecule has 0 unspecified atom stereocenters. The summed E-state index contributed by atoms with van der Waals surface area (Å²) < 4.78 is 39.5. The molecule has 1 nitrogen and oxygen atoms in total. The zero-order chi connectivity index (χ0) is 13.8. The van der Waals surface area contributed by atoms with Gasteiger partial charge in [-0.25, -0.2) is 13.2 Å². The summed E-state index contributed by atoms with van der Waals surface area (Å²) in [5.74, 6) is -2.79. The molecular weight excluding hydrogens is 271 g/mol. The lowest BCUT2D eigenvalue weighted by Gasteiger charge is -2.09. The van der Waals surface area contributed by atoms with Gasteiger partial charge in [0.15, 0.2) is 11.6 Å². The van der Waals surface area contributed by atoms with Crippen LogP contribution in [-0.2, 0) is 6.54 Å². The van der Waals surface area contributed by atoms with Gasteiger partial charge in [-0.2, -0.15) is 0 Å². The molecule has 0 amide bonds. The first kappa shape index (κ1) is 13.8. The molecule has 0 atom stereocenters. The summed E-state index contributed by atoms with van der Waals surface area (Å²) in [5.41, 5.74) is 0.580. The highest BCUT2D eigenvalue weighted by atomic mass is 32.2. The van der Waals surface area contributed by atoms with Crippen molar-refractivity contribution in [2.24, 2.45) is 0 Å². The highest BCUT2D eigenvalue weighted by molar-refractivity contribution is 7.98. The van der Waals surface area contributed by atoms with Crippen LogP contribution in [0.25, 0.3) is 0 Å². The topological polar surface area (TPSA) is 12.0 Å². The maximum Gasteiger partial charge on any atom is 0.152 e. The average Bonchev–Trinajstić information content (AvgIpc) is 2.38. The number of anilines is 1. The molecule has 1 N–H and O–H groups in total. The van der Waals surface area contributed by atoms with Crippen LogP contribution in [0, 0.1) is 17.5 Å². The van der Waals surface area contributed by atoms with Gasteiger partial charge in [-0.1, -0.05) is 12.1 Å². The number of halogens is 3. The van der Waals surface area contributed by atoms with Crippen LogP contribution < -0.4 is 5.32 Å². The Morgan fingerprint density at radius 3 is 2.11 bits per heavy atom. The van der Waals surface area contributed by atoms with Gasteiger partial charge in [0.1, 0.15) is 11.5 Å². The fourth-order valence-electron chi connectivity index (χ4n) is 1.64. The zero-order valence-electron chi connectivity index (χ0n) is 10.2. The molecule has 0 radical (unpaired) electrons. The molecule has 0 aromatic heterocycles. The van der Waals surface area contributed by atoms with Crippen molar-refractivity contribution >= 4 is 17.4 Å². The lowest BCUT2D eigenvalue weighted by molar-refractivity contribution is 0.547. The Labute approximate surface area is 113 Å². The number of benzene rings is 2. The third-order valence-electron chi connectivity index (χ3n) is 2.64. The minimum absolute atomic E-state index is 0.272. The zero-order valence-corrected chi connectivity index (χ0v) is 11.0. The first-order valence-corrected chi connectivity index (χ1v) is 6.84. The molecule has 0 spiro atoms. The molecule has 0 aliphatic carbocycles. The molecule has 2 aromatic carbocycles. The monoisotopic (exact) mass is 283 g/mol. The van der Waals surface area contributed by atoms with E-state index in [0.29, 0.717) is 12.1 Å². The number of hydrogen-bond donors (Lipinski definition) is 1. The summed E-state index contributed by atoms with van der Waals surface area (Å²) in [4.78, 5) is 1.11. The van der Waals surface area contributed by atoms with Gasteiger partial charge in [0.05, 0.1) is 0 Å². The maximum absolute atomic E-state index is 13.4. The average molecular weight is 283 g/mol. The van der Waals surface area contributed by atoms with E-state index in [1.165, 1.54) is 0 Å². The minimum Gasteiger partial charge on any atom is -0.376 e. The van der Waals surface area contributed by atoms with Crippen molar-refractivity contribution in [2.45, 2.75) is 11.4 Å². The van der Waals surface area contributed by atoms with E-state index in [4.69, 9.17) is 0 Å². The van der Waals surface area contributed by atoms with Crippen molar-refractivity contribution in [1.82, 2.24) is 0 Å². The minimum atomic E-state index is -0.932. The molecule has 100 valence electrons. The molecule has 0 bridgehead atoms. The van der Waals surface area contributed by atoms with Crippen molar-refractivity contribution in [2.75, 3.05) is 11.6 Å². The summed E-state index contributed by atoms with van der Waals surface area (Å²) in [6.07, 6.45) is 1.97. The molecule has 19 heavy (non-hydrogen) atoms.